The first-order valence-electron chi connectivity index (χ1n) is 4.22. The number of halogens is 2. The van der Waals surface area contributed by atoms with E-state index in [2.05, 4.69) is 15.9 Å². The fraction of sp³-hybridized carbons (Fsp3) is 0.333. The Kier molecular flexibility index (Phi) is 3.76. The second-order valence-electron chi connectivity index (χ2n) is 3.21. The molecule has 0 aromatic heterocycles. The molecule has 0 saturated heterocycles. The van der Waals surface area contributed by atoms with Crippen molar-refractivity contribution >= 4 is 21.6 Å². The van der Waals surface area contributed by atoms with E-state index in [-0.39, 0.29) is 22.1 Å². The van der Waals surface area contributed by atoms with E-state index in [0.29, 0.717) is 0 Å². The topological polar surface area (TPSA) is 63.4 Å². The Morgan fingerprint density at radius 1 is 1.67 bits per heavy atom. The Labute approximate surface area is 94.0 Å². The molecule has 0 aliphatic rings. The van der Waals surface area contributed by atoms with Crippen molar-refractivity contribution in [3.8, 4) is 0 Å². The van der Waals surface area contributed by atoms with Gasteiger partial charge in [0.15, 0.2) is 0 Å². The van der Waals surface area contributed by atoms with Crippen molar-refractivity contribution in [1.29, 1.82) is 0 Å². The van der Waals surface area contributed by atoms with E-state index in [4.69, 9.17) is 5.11 Å². The summed E-state index contributed by atoms with van der Waals surface area (Å²) in [6.07, 6.45) is -0.690. The van der Waals surface area contributed by atoms with Crippen molar-refractivity contribution in [3.63, 3.8) is 0 Å². The van der Waals surface area contributed by atoms with Crippen LogP contribution in [0.4, 0.5) is 10.1 Å². The number of aliphatic hydroxyl groups excluding tert-OH is 1. The van der Waals surface area contributed by atoms with Crippen LogP contribution < -0.4 is 0 Å². The molecule has 0 aliphatic heterocycles. The Hall–Kier alpha value is -1.01. The highest BCUT2D eigenvalue weighted by atomic mass is 79.9. The molecule has 4 nitrogen and oxygen atoms in total. The minimum atomic E-state index is -0.746. The summed E-state index contributed by atoms with van der Waals surface area (Å²) in [5.74, 6) is -0.573. The van der Waals surface area contributed by atoms with E-state index in [1.165, 1.54) is 6.92 Å². The van der Waals surface area contributed by atoms with Crippen LogP contribution in [0.15, 0.2) is 16.6 Å². The summed E-state index contributed by atoms with van der Waals surface area (Å²) in [4.78, 5) is 10.1. The molecule has 1 rings (SSSR count). The minimum Gasteiger partial charge on any atom is -0.393 e. The highest BCUT2D eigenvalue weighted by molar-refractivity contribution is 9.10. The van der Waals surface area contributed by atoms with Crippen molar-refractivity contribution in [3.05, 3.63) is 38.1 Å². The maximum atomic E-state index is 13.1. The lowest BCUT2D eigenvalue weighted by molar-refractivity contribution is -0.385. The third kappa shape index (κ3) is 2.97. The highest BCUT2D eigenvalue weighted by Crippen LogP contribution is 2.27. The number of aliphatic hydroxyl groups is 1. The van der Waals surface area contributed by atoms with Gasteiger partial charge in [0, 0.05) is 18.1 Å². The molecule has 6 heteroatoms. The van der Waals surface area contributed by atoms with E-state index in [1.54, 1.807) is 0 Å². The van der Waals surface area contributed by atoms with Gasteiger partial charge in [0.2, 0.25) is 0 Å². The van der Waals surface area contributed by atoms with Crippen molar-refractivity contribution in [1.82, 2.24) is 0 Å². The molecule has 0 bridgehead atoms. The van der Waals surface area contributed by atoms with E-state index in [1.807, 2.05) is 0 Å². The lowest BCUT2D eigenvalue weighted by Gasteiger charge is -2.06. The first-order chi connectivity index (χ1) is 6.91. The van der Waals surface area contributed by atoms with Crippen molar-refractivity contribution in [2.45, 2.75) is 19.4 Å². The highest BCUT2D eigenvalue weighted by Gasteiger charge is 2.18. The monoisotopic (exact) mass is 277 g/mol. The fourth-order valence-electron chi connectivity index (χ4n) is 1.23. The molecule has 0 heterocycles. The molecule has 0 radical (unpaired) electrons. The SMILES string of the molecule is CC(O)Cc1cc(F)c(Br)cc1[N+](=O)[O-]. The van der Waals surface area contributed by atoms with Gasteiger partial charge in [-0.15, -0.1) is 0 Å². The van der Waals surface area contributed by atoms with Crippen LogP contribution in [0.2, 0.25) is 0 Å². The lowest BCUT2D eigenvalue weighted by atomic mass is 10.1. The summed E-state index contributed by atoms with van der Waals surface area (Å²) >= 11 is 2.87. The molecule has 1 aromatic rings. The second-order valence-corrected chi connectivity index (χ2v) is 4.06. The van der Waals surface area contributed by atoms with Crippen molar-refractivity contribution in [2.75, 3.05) is 0 Å². The second kappa shape index (κ2) is 4.67. The molecule has 1 unspecified atom stereocenters. The number of rotatable bonds is 3. The zero-order valence-electron chi connectivity index (χ0n) is 7.91. The molecular formula is C9H9BrFNO3. The number of hydrogen-bond donors (Lipinski definition) is 1. The van der Waals surface area contributed by atoms with Crippen LogP contribution in [0.25, 0.3) is 0 Å². The average molecular weight is 278 g/mol. The van der Waals surface area contributed by atoms with Crippen LogP contribution in [0.1, 0.15) is 12.5 Å². The zero-order chi connectivity index (χ0) is 11.6. The van der Waals surface area contributed by atoms with E-state index in [9.17, 15) is 14.5 Å². The van der Waals surface area contributed by atoms with Gasteiger partial charge in [0.25, 0.3) is 5.69 Å². The van der Waals surface area contributed by atoms with Gasteiger partial charge in [0.05, 0.1) is 15.5 Å². The summed E-state index contributed by atoms with van der Waals surface area (Å²) in [6, 6.07) is 2.17. The number of hydrogen-bond acceptors (Lipinski definition) is 3. The standard InChI is InChI=1S/C9H9BrFNO3/c1-5(13)2-6-3-8(11)7(10)4-9(6)12(14)15/h3-5,13H,2H2,1H3. The summed E-state index contributed by atoms with van der Waals surface area (Å²) < 4.78 is 13.2. The van der Waals surface area contributed by atoms with Crippen LogP contribution in [-0.4, -0.2) is 16.1 Å². The number of benzene rings is 1. The average Bonchev–Trinajstić information content (AvgIpc) is 2.09. The number of nitrogens with zero attached hydrogens (tertiary/aromatic N) is 1. The molecule has 0 amide bonds. The predicted octanol–water partition coefficient (Wildman–Crippen LogP) is 2.42. The van der Waals surface area contributed by atoms with Crippen LogP contribution in [0.5, 0.6) is 0 Å². The van der Waals surface area contributed by atoms with Gasteiger partial charge in [-0.2, -0.15) is 0 Å². The van der Waals surface area contributed by atoms with Gasteiger partial charge in [-0.05, 0) is 28.9 Å². The van der Waals surface area contributed by atoms with Crippen molar-refractivity contribution < 1.29 is 14.4 Å². The summed E-state index contributed by atoms with van der Waals surface area (Å²) in [6.45, 7) is 1.49. The largest absolute Gasteiger partial charge is 0.393 e. The lowest BCUT2D eigenvalue weighted by Crippen LogP contribution is -2.07. The fourth-order valence-corrected chi connectivity index (χ4v) is 1.56. The quantitative estimate of drug-likeness (QED) is 0.682. The van der Waals surface area contributed by atoms with Crippen LogP contribution in [0, 0.1) is 15.9 Å². The molecule has 15 heavy (non-hydrogen) atoms. The molecular weight excluding hydrogens is 269 g/mol. The Balaban J connectivity index is 3.22. The molecule has 82 valence electrons. The Morgan fingerprint density at radius 2 is 2.27 bits per heavy atom. The number of nitro benzene ring substituents is 1. The van der Waals surface area contributed by atoms with Crippen LogP contribution in [-0.2, 0) is 6.42 Å². The zero-order valence-corrected chi connectivity index (χ0v) is 9.49. The third-order valence-corrected chi connectivity index (χ3v) is 2.44. The molecule has 1 atom stereocenters. The van der Waals surface area contributed by atoms with Gasteiger partial charge < -0.3 is 5.11 Å². The normalized spacial score (nSPS) is 12.5. The van der Waals surface area contributed by atoms with Crippen molar-refractivity contribution in [2.24, 2.45) is 0 Å². The smallest absolute Gasteiger partial charge is 0.274 e. The summed E-state index contributed by atoms with van der Waals surface area (Å²) in [5, 5.41) is 19.8. The maximum Gasteiger partial charge on any atom is 0.274 e. The third-order valence-electron chi connectivity index (χ3n) is 1.83. The molecule has 0 saturated carbocycles. The predicted molar refractivity (Wildman–Crippen MR) is 56.1 cm³/mol. The van der Waals surface area contributed by atoms with Gasteiger partial charge >= 0.3 is 0 Å². The van der Waals surface area contributed by atoms with Gasteiger partial charge in [-0.25, -0.2) is 4.39 Å². The first kappa shape index (κ1) is 12.1. The molecule has 0 fully saturated rings. The van der Waals surface area contributed by atoms with Gasteiger partial charge in [-0.3, -0.25) is 10.1 Å². The van der Waals surface area contributed by atoms with Gasteiger partial charge in [0.1, 0.15) is 5.82 Å². The van der Waals surface area contributed by atoms with E-state index < -0.39 is 16.8 Å². The molecule has 0 spiro atoms. The first-order valence-corrected chi connectivity index (χ1v) is 5.01. The van der Waals surface area contributed by atoms with Gasteiger partial charge in [-0.1, -0.05) is 0 Å². The van der Waals surface area contributed by atoms with E-state index in [0.717, 1.165) is 12.1 Å². The van der Waals surface area contributed by atoms with Crippen LogP contribution >= 0.6 is 15.9 Å². The van der Waals surface area contributed by atoms with Crippen LogP contribution in [0.3, 0.4) is 0 Å². The number of nitro groups is 1. The molecule has 1 N–H and O–H groups in total. The van der Waals surface area contributed by atoms with E-state index >= 15 is 0 Å². The molecule has 0 aliphatic carbocycles. The minimum absolute atomic E-state index is 0.0449. The Bertz CT molecular complexity index is 395. The maximum absolute atomic E-state index is 13.1. The summed E-state index contributed by atoms with van der Waals surface area (Å²) in [5.41, 5.74) is -0.000116. The summed E-state index contributed by atoms with van der Waals surface area (Å²) in [7, 11) is 0. The molecule has 1 aromatic carbocycles. The Morgan fingerprint density at radius 3 is 2.73 bits per heavy atom.